The Kier molecular flexibility index (Phi) is 4.74. The molecule has 2 aromatic carbocycles. The molecule has 5 heteroatoms. The molecule has 0 aliphatic heterocycles. The van der Waals surface area contributed by atoms with E-state index in [1.165, 1.54) is 5.56 Å². The van der Waals surface area contributed by atoms with E-state index < -0.39 is 0 Å². The smallest absolute Gasteiger partial charge is 0.253 e. The van der Waals surface area contributed by atoms with Crippen LogP contribution in [-0.4, -0.2) is 15.7 Å². The molecule has 1 heterocycles. The summed E-state index contributed by atoms with van der Waals surface area (Å²) in [6.07, 6.45) is 3.69. The lowest BCUT2D eigenvalue weighted by atomic mass is 10.2. The van der Waals surface area contributed by atoms with Crippen molar-refractivity contribution in [2.75, 3.05) is 0 Å². The topological polar surface area (TPSA) is 46.9 Å². The van der Waals surface area contributed by atoms with Crippen LogP contribution in [0.5, 0.6) is 0 Å². The van der Waals surface area contributed by atoms with Crippen LogP contribution in [0.3, 0.4) is 0 Å². The minimum atomic E-state index is -0.189. The third-order valence-electron chi connectivity index (χ3n) is 3.45. The lowest BCUT2D eigenvalue weighted by Crippen LogP contribution is -2.22. The van der Waals surface area contributed by atoms with Crippen molar-refractivity contribution in [2.45, 2.75) is 13.1 Å². The Morgan fingerprint density at radius 2 is 1.78 bits per heavy atom. The number of halogens is 1. The van der Waals surface area contributed by atoms with Crippen LogP contribution < -0.4 is 5.32 Å². The molecule has 4 nitrogen and oxygen atoms in total. The molecule has 1 aromatic heterocycles. The molecule has 0 fully saturated rings. The molecule has 0 saturated heterocycles. The summed E-state index contributed by atoms with van der Waals surface area (Å²) in [7, 11) is 0. The highest BCUT2D eigenvalue weighted by Crippen LogP contribution is 2.14. The number of nitrogens with zero attached hydrogens (tertiary/aromatic N) is 2. The van der Waals surface area contributed by atoms with Crippen molar-refractivity contribution in [2.24, 2.45) is 0 Å². The Labute approximate surface area is 139 Å². The number of benzene rings is 2. The molecule has 1 N–H and O–H groups in total. The molecule has 1 amide bonds. The highest BCUT2D eigenvalue weighted by Gasteiger charge is 2.09. The molecule has 3 aromatic rings. The first-order valence-corrected chi connectivity index (χ1v) is 7.68. The van der Waals surface area contributed by atoms with E-state index in [1.54, 1.807) is 30.5 Å². The number of hydrogen-bond acceptors (Lipinski definition) is 2. The van der Waals surface area contributed by atoms with E-state index in [1.807, 2.05) is 29.1 Å². The van der Waals surface area contributed by atoms with Crippen LogP contribution in [0.15, 0.2) is 67.0 Å². The lowest BCUT2D eigenvalue weighted by Gasteiger charge is -2.05. The molecule has 0 unspecified atom stereocenters. The first-order valence-electron chi connectivity index (χ1n) is 7.30. The summed E-state index contributed by atoms with van der Waals surface area (Å²) >= 11 is 6.02. The second-order valence-electron chi connectivity index (χ2n) is 5.19. The Hall–Kier alpha value is -2.59. The molecule has 0 aliphatic carbocycles. The van der Waals surface area contributed by atoms with Crippen LogP contribution in [0.4, 0.5) is 0 Å². The molecule has 116 valence electrons. The van der Waals surface area contributed by atoms with E-state index in [4.69, 9.17) is 11.6 Å². The quantitative estimate of drug-likeness (QED) is 0.780. The van der Waals surface area contributed by atoms with Crippen molar-refractivity contribution >= 4 is 17.5 Å². The average Bonchev–Trinajstić information content (AvgIpc) is 3.01. The zero-order chi connectivity index (χ0) is 16.1. The van der Waals surface area contributed by atoms with Crippen molar-refractivity contribution in [3.05, 3.63) is 88.7 Å². The van der Waals surface area contributed by atoms with Gasteiger partial charge in [-0.1, -0.05) is 54.1 Å². The van der Waals surface area contributed by atoms with Gasteiger partial charge in [-0.05, 0) is 17.7 Å². The predicted molar refractivity (Wildman–Crippen MR) is 90.4 cm³/mol. The molecule has 0 spiro atoms. The van der Waals surface area contributed by atoms with Crippen LogP contribution in [0.1, 0.15) is 21.5 Å². The third-order valence-corrected chi connectivity index (χ3v) is 3.78. The van der Waals surface area contributed by atoms with Gasteiger partial charge in [0.1, 0.15) is 0 Å². The Balaban J connectivity index is 1.59. The molecule has 0 aliphatic rings. The number of carbonyl (C=O) groups excluding carboxylic acids is 1. The Bertz CT molecular complexity index is 799. The predicted octanol–water partition coefficient (Wildman–Crippen LogP) is 3.51. The second kappa shape index (κ2) is 7.11. The van der Waals surface area contributed by atoms with E-state index in [2.05, 4.69) is 22.5 Å². The van der Waals surface area contributed by atoms with Crippen LogP contribution in [0, 0.1) is 0 Å². The normalized spacial score (nSPS) is 10.5. The van der Waals surface area contributed by atoms with Gasteiger partial charge in [0, 0.05) is 18.3 Å². The summed E-state index contributed by atoms with van der Waals surface area (Å²) in [6.45, 7) is 1.12. The maximum absolute atomic E-state index is 12.1. The summed E-state index contributed by atoms with van der Waals surface area (Å²) in [5.41, 5.74) is 2.61. The first kappa shape index (κ1) is 15.3. The van der Waals surface area contributed by atoms with Gasteiger partial charge < -0.3 is 5.32 Å². The SMILES string of the molecule is O=C(NCc1cnn(Cc2ccccc2)c1)c1ccccc1Cl. The summed E-state index contributed by atoms with van der Waals surface area (Å²) in [4.78, 5) is 12.1. The van der Waals surface area contributed by atoms with Gasteiger partial charge in [0.15, 0.2) is 0 Å². The number of amides is 1. The van der Waals surface area contributed by atoms with Gasteiger partial charge in [-0.25, -0.2) is 0 Å². The second-order valence-corrected chi connectivity index (χ2v) is 5.60. The molecule has 0 bridgehead atoms. The maximum Gasteiger partial charge on any atom is 0.253 e. The van der Waals surface area contributed by atoms with Crippen molar-refractivity contribution in [1.82, 2.24) is 15.1 Å². The standard InChI is InChI=1S/C18H16ClN3O/c19-17-9-5-4-8-16(17)18(23)20-10-15-11-21-22(13-15)12-14-6-2-1-3-7-14/h1-9,11,13H,10,12H2,(H,20,23). The van der Waals surface area contributed by atoms with E-state index in [-0.39, 0.29) is 5.91 Å². The molecular weight excluding hydrogens is 310 g/mol. The average molecular weight is 326 g/mol. The molecular formula is C18H16ClN3O. The summed E-state index contributed by atoms with van der Waals surface area (Å²) < 4.78 is 1.85. The fourth-order valence-electron chi connectivity index (χ4n) is 2.28. The van der Waals surface area contributed by atoms with Crippen molar-refractivity contribution in [3.63, 3.8) is 0 Å². The zero-order valence-electron chi connectivity index (χ0n) is 12.4. The minimum absolute atomic E-state index is 0.189. The van der Waals surface area contributed by atoms with Crippen molar-refractivity contribution < 1.29 is 4.79 Å². The van der Waals surface area contributed by atoms with Crippen molar-refractivity contribution in [3.8, 4) is 0 Å². The zero-order valence-corrected chi connectivity index (χ0v) is 13.2. The highest BCUT2D eigenvalue weighted by molar-refractivity contribution is 6.33. The minimum Gasteiger partial charge on any atom is -0.348 e. The summed E-state index contributed by atoms with van der Waals surface area (Å²) in [6, 6.07) is 17.1. The molecule has 0 radical (unpaired) electrons. The highest BCUT2D eigenvalue weighted by atomic mass is 35.5. The van der Waals surface area contributed by atoms with E-state index in [0.717, 1.165) is 5.56 Å². The maximum atomic E-state index is 12.1. The summed E-state index contributed by atoms with van der Waals surface area (Å²) in [5.74, 6) is -0.189. The van der Waals surface area contributed by atoms with Gasteiger partial charge in [-0.15, -0.1) is 0 Å². The fourth-order valence-corrected chi connectivity index (χ4v) is 2.50. The molecule has 0 saturated carbocycles. The Morgan fingerprint density at radius 1 is 1.04 bits per heavy atom. The number of rotatable bonds is 5. The van der Waals surface area contributed by atoms with E-state index in [0.29, 0.717) is 23.7 Å². The van der Waals surface area contributed by atoms with Gasteiger partial charge in [-0.2, -0.15) is 5.10 Å². The van der Waals surface area contributed by atoms with Gasteiger partial charge in [0.2, 0.25) is 0 Å². The number of nitrogens with one attached hydrogen (secondary N) is 1. The van der Waals surface area contributed by atoms with Gasteiger partial charge in [-0.3, -0.25) is 9.48 Å². The third kappa shape index (κ3) is 3.99. The molecule has 3 rings (SSSR count). The molecule has 0 atom stereocenters. The summed E-state index contributed by atoms with van der Waals surface area (Å²) in [5, 5.41) is 7.62. The Morgan fingerprint density at radius 3 is 2.57 bits per heavy atom. The van der Waals surface area contributed by atoms with Crippen LogP contribution in [0.2, 0.25) is 5.02 Å². The first-order chi connectivity index (χ1) is 11.2. The molecule has 23 heavy (non-hydrogen) atoms. The van der Waals surface area contributed by atoms with Gasteiger partial charge >= 0.3 is 0 Å². The monoisotopic (exact) mass is 325 g/mol. The largest absolute Gasteiger partial charge is 0.348 e. The number of hydrogen-bond donors (Lipinski definition) is 1. The van der Waals surface area contributed by atoms with Gasteiger partial charge in [0.05, 0.1) is 23.3 Å². The van der Waals surface area contributed by atoms with E-state index >= 15 is 0 Å². The number of aromatic nitrogens is 2. The van der Waals surface area contributed by atoms with Crippen LogP contribution in [-0.2, 0) is 13.1 Å². The van der Waals surface area contributed by atoms with Gasteiger partial charge in [0.25, 0.3) is 5.91 Å². The number of carbonyl (C=O) groups is 1. The fraction of sp³-hybridized carbons (Fsp3) is 0.111. The van der Waals surface area contributed by atoms with Crippen LogP contribution >= 0.6 is 11.6 Å². The lowest BCUT2D eigenvalue weighted by molar-refractivity contribution is 0.0951. The van der Waals surface area contributed by atoms with Crippen molar-refractivity contribution in [1.29, 1.82) is 0 Å². The van der Waals surface area contributed by atoms with Crippen LogP contribution in [0.25, 0.3) is 0 Å². The van der Waals surface area contributed by atoms with E-state index in [9.17, 15) is 4.79 Å².